The number of amides is 1. The summed E-state index contributed by atoms with van der Waals surface area (Å²) in [6.45, 7) is 6.62. The highest BCUT2D eigenvalue weighted by Crippen LogP contribution is 2.27. The number of unbranched alkanes of at least 4 members (excludes halogenated alkanes) is 1. The summed E-state index contributed by atoms with van der Waals surface area (Å²) < 4.78 is 5.02. The molecule has 37 heavy (non-hydrogen) atoms. The maximum atomic E-state index is 11.7. The summed E-state index contributed by atoms with van der Waals surface area (Å²) in [6.07, 6.45) is 2.76. The minimum atomic E-state index is -0.644. The van der Waals surface area contributed by atoms with Crippen LogP contribution in [0.3, 0.4) is 0 Å². The summed E-state index contributed by atoms with van der Waals surface area (Å²) in [7, 11) is 0. The smallest absolute Gasteiger partial charge is 0.413 e. The van der Waals surface area contributed by atoms with Gasteiger partial charge in [0.05, 0.1) is 22.9 Å². The van der Waals surface area contributed by atoms with E-state index in [1.807, 2.05) is 25.1 Å². The number of carbonyl (C=O) groups is 1. The van der Waals surface area contributed by atoms with Crippen molar-refractivity contribution in [2.75, 3.05) is 6.61 Å². The number of aromatic nitrogens is 2. The van der Waals surface area contributed by atoms with Crippen molar-refractivity contribution in [1.82, 2.24) is 15.3 Å². The number of non-ortho nitro benzene ring substituents is 1. The average molecular weight is 505 g/mol. The lowest BCUT2D eigenvalue weighted by molar-refractivity contribution is -0.384. The second-order valence-corrected chi connectivity index (χ2v) is 8.97. The van der Waals surface area contributed by atoms with Gasteiger partial charge < -0.3 is 10.5 Å². The van der Waals surface area contributed by atoms with Crippen LogP contribution in [0.5, 0.6) is 0 Å². The predicted molar refractivity (Wildman–Crippen MR) is 143 cm³/mol. The second-order valence-electron chi connectivity index (χ2n) is 8.97. The molecule has 2 aromatic carbocycles. The fourth-order valence-electron chi connectivity index (χ4n) is 3.42. The highest BCUT2D eigenvalue weighted by molar-refractivity contribution is 5.94. The molecule has 0 aliphatic heterocycles. The zero-order valence-electron chi connectivity index (χ0n) is 21.3. The fraction of sp³-hybridized carbons (Fsp3) is 0.333. The second kappa shape index (κ2) is 13.1. The molecule has 3 rings (SSSR count). The molecule has 0 atom stereocenters. The van der Waals surface area contributed by atoms with Crippen molar-refractivity contribution in [3.05, 3.63) is 70.4 Å². The number of rotatable bonds is 10. The van der Waals surface area contributed by atoms with Gasteiger partial charge in [-0.1, -0.05) is 51.5 Å². The van der Waals surface area contributed by atoms with E-state index < -0.39 is 11.0 Å². The van der Waals surface area contributed by atoms with Crippen molar-refractivity contribution in [3.63, 3.8) is 0 Å². The molecule has 10 heteroatoms. The van der Waals surface area contributed by atoms with E-state index in [9.17, 15) is 14.9 Å². The molecule has 0 spiro atoms. The zero-order valence-corrected chi connectivity index (χ0v) is 21.3. The minimum absolute atomic E-state index is 0.0158. The number of nitrogens with one attached hydrogen (secondary N) is 1. The Balaban J connectivity index is 1.86. The number of nitro groups is 1. The van der Waals surface area contributed by atoms with Gasteiger partial charge in [-0.15, -0.1) is 0 Å². The first-order chi connectivity index (χ1) is 17.7. The monoisotopic (exact) mass is 504 g/mol. The number of benzene rings is 2. The van der Waals surface area contributed by atoms with Crippen molar-refractivity contribution in [3.8, 4) is 22.6 Å². The molecular formula is C27H32N6O4. The van der Waals surface area contributed by atoms with Crippen molar-refractivity contribution >= 4 is 23.4 Å². The molecule has 3 aromatic rings. The number of aliphatic imine (C=N–C) groups is 1. The van der Waals surface area contributed by atoms with Crippen molar-refractivity contribution in [1.29, 1.82) is 0 Å². The predicted octanol–water partition coefficient (Wildman–Crippen LogP) is 5.78. The van der Waals surface area contributed by atoms with Crippen LogP contribution >= 0.6 is 0 Å². The molecule has 1 heterocycles. The van der Waals surface area contributed by atoms with E-state index in [1.165, 1.54) is 12.1 Å². The molecular weight excluding hydrogens is 472 g/mol. The molecule has 0 aliphatic rings. The quantitative estimate of drug-likeness (QED) is 0.117. The summed E-state index contributed by atoms with van der Waals surface area (Å²) in [5.74, 6) is 0.858. The summed E-state index contributed by atoms with van der Waals surface area (Å²) in [5, 5.41) is 13.7. The summed E-state index contributed by atoms with van der Waals surface area (Å²) in [5.41, 5.74) is 9.30. The molecule has 0 saturated heterocycles. The zero-order chi connectivity index (χ0) is 26.8. The van der Waals surface area contributed by atoms with Crippen molar-refractivity contribution in [2.24, 2.45) is 16.6 Å². The van der Waals surface area contributed by atoms with Gasteiger partial charge in [-0.2, -0.15) is 0 Å². The Hall–Kier alpha value is -4.34. The molecule has 0 aliphatic carbocycles. The van der Waals surface area contributed by atoms with Gasteiger partial charge >= 0.3 is 6.09 Å². The van der Waals surface area contributed by atoms with Crippen LogP contribution in [0.4, 0.5) is 16.2 Å². The Morgan fingerprint density at radius 1 is 1.14 bits per heavy atom. The molecule has 0 saturated carbocycles. The Labute approximate surface area is 216 Å². The Kier molecular flexibility index (Phi) is 9.65. The maximum absolute atomic E-state index is 11.7. The van der Waals surface area contributed by atoms with Crippen LogP contribution in [0.15, 0.2) is 59.6 Å². The van der Waals surface area contributed by atoms with Crippen LogP contribution in [-0.2, 0) is 11.2 Å². The van der Waals surface area contributed by atoms with Crippen LogP contribution in [0.1, 0.15) is 45.7 Å². The fourth-order valence-corrected chi connectivity index (χ4v) is 3.42. The van der Waals surface area contributed by atoms with E-state index in [2.05, 4.69) is 29.1 Å². The van der Waals surface area contributed by atoms with Crippen molar-refractivity contribution in [2.45, 2.75) is 46.5 Å². The van der Waals surface area contributed by atoms with E-state index in [1.54, 1.807) is 24.3 Å². The number of hydrogen-bond donors (Lipinski definition) is 2. The average Bonchev–Trinajstić information content (AvgIpc) is 2.88. The Bertz CT molecular complexity index is 1260. The summed E-state index contributed by atoms with van der Waals surface area (Å²) in [6, 6.07) is 15.5. The minimum Gasteiger partial charge on any atom is -0.449 e. The van der Waals surface area contributed by atoms with Crippen molar-refractivity contribution < 1.29 is 14.5 Å². The maximum Gasteiger partial charge on any atom is 0.413 e. The number of nitro benzene ring substituents is 1. The third-order valence-corrected chi connectivity index (χ3v) is 5.45. The normalized spacial score (nSPS) is 11.4. The molecule has 0 unspecified atom stereocenters. The highest BCUT2D eigenvalue weighted by atomic mass is 16.6. The van der Waals surface area contributed by atoms with Gasteiger partial charge in [-0.3, -0.25) is 15.4 Å². The summed E-state index contributed by atoms with van der Waals surface area (Å²) in [4.78, 5) is 36.2. The summed E-state index contributed by atoms with van der Waals surface area (Å²) >= 11 is 0. The molecule has 0 bridgehead atoms. The first kappa shape index (κ1) is 27.3. The number of aryl methyl sites for hydroxylation is 1. The lowest BCUT2D eigenvalue weighted by Gasteiger charge is -2.10. The molecule has 1 aromatic heterocycles. The van der Waals surface area contributed by atoms with Crippen LogP contribution in [0.25, 0.3) is 22.6 Å². The van der Waals surface area contributed by atoms with Gasteiger partial charge in [0, 0.05) is 29.0 Å². The third kappa shape index (κ3) is 8.38. The highest BCUT2D eigenvalue weighted by Gasteiger charge is 2.13. The van der Waals surface area contributed by atoms with Crippen LogP contribution in [-0.4, -0.2) is 33.6 Å². The van der Waals surface area contributed by atoms with Crippen LogP contribution < -0.4 is 11.1 Å². The molecule has 10 nitrogen and oxygen atoms in total. The molecule has 0 radical (unpaired) electrons. The number of guanidine groups is 1. The third-order valence-electron chi connectivity index (χ3n) is 5.45. The van der Waals surface area contributed by atoms with E-state index in [0.717, 1.165) is 36.9 Å². The lowest BCUT2D eigenvalue weighted by atomic mass is 10.0. The van der Waals surface area contributed by atoms with Crippen LogP contribution in [0, 0.1) is 16.0 Å². The molecule has 1 amide bonds. The van der Waals surface area contributed by atoms with Gasteiger partial charge in [0.15, 0.2) is 5.82 Å². The number of ether oxygens (including phenoxy) is 1. The SMILES string of the molecule is CCCCOC(=O)NC(N)=Nc1ccc(-c2cc(CCC(C)C)nc(-c3cccc([N+](=O)[O-])c3)n2)cc1. The van der Waals surface area contributed by atoms with E-state index in [4.69, 9.17) is 15.5 Å². The number of carbonyl (C=O) groups excluding carboxylic acids is 1. The van der Waals surface area contributed by atoms with Gasteiger partial charge in [0.1, 0.15) is 0 Å². The van der Waals surface area contributed by atoms with E-state index in [-0.39, 0.29) is 11.6 Å². The number of nitrogens with zero attached hydrogens (tertiary/aromatic N) is 4. The molecule has 0 fully saturated rings. The Morgan fingerprint density at radius 3 is 2.57 bits per heavy atom. The van der Waals surface area contributed by atoms with Gasteiger partial charge in [-0.05, 0) is 43.4 Å². The van der Waals surface area contributed by atoms with Crippen LogP contribution in [0.2, 0.25) is 0 Å². The first-order valence-corrected chi connectivity index (χ1v) is 12.3. The molecule has 194 valence electrons. The molecule has 3 N–H and O–H groups in total. The number of nitrogens with two attached hydrogens (primary N) is 1. The number of alkyl carbamates (subject to hydrolysis) is 1. The first-order valence-electron chi connectivity index (χ1n) is 12.3. The van der Waals surface area contributed by atoms with Gasteiger partial charge in [0.25, 0.3) is 5.69 Å². The van der Waals surface area contributed by atoms with Gasteiger partial charge in [0.2, 0.25) is 5.96 Å². The van der Waals surface area contributed by atoms with E-state index in [0.29, 0.717) is 35.3 Å². The number of hydrogen-bond acceptors (Lipinski definition) is 7. The Morgan fingerprint density at radius 2 is 1.89 bits per heavy atom. The topological polar surface area (TPSA) is 146 Å². The largest absolute Gasteiger partial charge is 0.449 e. The van der Waals surface area contributed by atoms with E-state index >= 15 is 0 Å². The standard InChI is InChI=1S/C27H32N6O4/c1-4-5-15-37-27(34)32-26(28)30-21-13-10-19(11-14-21)24-17-22(12-9-18(2)3)29-25(31-24)20-7-6-8-23(16-20)33(35)36/h6-8,10-11,13-14,16-18H,4-5,9,12,15H2,1-3H3,(H3,28,30,32,34). The van der Waals surface area contributed by atoms with Gasteiger partial charge in [-0.25, -0.2) is 19.8 Å². The lowest BCUT2D eigenvalue weighted by Crippen LogP contribution is -2.37.